The summed E-state index contributed by atoms with van der Waals surface area (Å²) in [5, 5.41) is 0. The second-order valence-corrected chi connectivity index (χ2v) is 5.52. The van der Waals surface area contributed by atoms with Crippen molar-refractivity contribution >= 4 is 0 Å². The summed E-state index contributed by atoms with van der Waals surface area (Å²) in [6, 6.07) is 10.9. The van der Waals surface area contributed by atoms with Gasteiger partial charge in [-0.05, 0) is 61.2 Å². The highest BCUT2D eigenvalue weighted by Gasteiger charge is 2.21. The van der Waals surface area contributed by atoms with Gasteiger partial charge in [0.2, 0.25) is 0 Å². The molecule has 2 heterocycles. The van der Waals surface area contributed by atoms with E-state index in [0.717, 1.165) is 0 Å². The Kier molecular flexibility index (Phi) is 3.23. The van der Waals surface area contributed by atoms with E-state index in [9.17, 15) is 0 Å². The lowest BCUT2D eigenvalue weighted by Crippen LogP contribution is -2.07. The molecule has 102 valence electrons. The van der Waals surface area contributed by atoms with Crippen LogP contribution in [0.15, 0.2) is 48.9 Å². The lowest BCUT2D eigenvalue weighted by Gasteiger charge is -2.21. The molecule has 1 unspecified atom stereocenters. The van der Waals surface area contributed by atoms with Crippen LogP contribution in [-0.4, -0.2) is 9.97 Å². The van der Waals surface area contributed by atoms with Crippen LogP contribution in [0, 0.1) is 20.8 Å². The predicted molar refractivity (Wildman–Crippen MR) is 83.2 cm³/mol. The van der Waals surface area contributed by atoms with Crippen molar-refractivity contribution in [2.75, 3.05) is 0 Å². The van der Waals surface area contributed by atoms with Crippen LogP contribution in [0.2, 0.25) is 0 Å². The maximum atomic E-state index is 3.38. The van der Waals surface area contributed by atoms with Gasteiger partial charge in [0.25, 0.3) is 0 Å². The number of benzene rings is 1. The summed E-state index contributed by atoms with van der Waals surface area (Å²) in [7, 11) is 0. The third-order valence-corrected chi connectivity index (χ3v) is 3.92. The maximum absolute atomic E-state index is 3.38. The van der Waals surface area contributed by atoms with Crippen LogP contribution >= 0.6 is 0 Å². The van der Waals surface area contributed by atoms with Gasteiger partial charge in [0.1, 0.15) is 0 Å². The molecule has 0 saturated carbocycles. The fraction of sp³-hybridized carbons (Fsp3) is 0.222. The third-order valence-electron chi connectivity index (χ3n) is 3.92. The molecule has 1 atom stereocenters. The summed E-state index contributed by atoms with van der Waals surface area (Å²) in [5.41, 5.74) is 7.95. The van der Waals surface area contributed by atoms with E-state index in [-0.39, 0.29) is 5.92 Å². The molecular weight excluding hydrogens is 244 g/mol. The van der Waals surface area contributed by atoms with Crippen LogP contribution in [-0.2, 0) is 0 Å². The van der Waals surface area contributed by atoms with Crippen molar-refractivity contribution in [3.63, 3.8) is 0 Å². The van der Waals surface area contributed by atoms with Gasteiger partial charge < -0.3 is 9.97 Å². The fourth-order valence-electron chi connectivity index (χ4n) is 3.19. The van der Waals surface area contributed by atoms with Gasteiger partial charge in [0.05, 0.1) is 5.92 Å². The van der Waals surface area contributed by atoms with E-state index in [1.54, 1.807) is 0 Å². The Morgan fingerprint density at radius 1 is 0.950 bits per heavy atom. The average Bonchev–Trinajstić information content (AvgIpc) is 3.07. The number of aromatic amines is 2. The highest BCUT2D eigenvalue weighted by Crippen LogP contribution is 2.35. The molecular formula is C18H20N2. The monoisotopic (exact) mass is 264 g/mol. The third kappa shape index (κ3) is 2.18. The van der Waals surface area contributed by atoms with Gasteiger partial charge in [-0.3, -0.25) is 0 Å². The highest BCUT2D eigenvalue weighted by atomic mass is 14.7. The zero-order valence-electron chi connectivity index (χ0n) is 12.2. The largest absolute Gasteiger partial charge is 0.367 e. The number of aromatic nitrogens is 2. The molecule has 0 saturated heterocycles. The van der Waals surface area contributed by atoms with Crippen molar-refractivity contribution in [2.45, 2.75) is 26.7 Å². The summed E-state index contributed by atoms with van der Waals surface area (Å²) in [5.74, 6) is 0.261. The zero-order chi connectivity index (χ0) is 14.1. The van der Waals surface area contributed by atoms with Gasteiger partial charge >= 0.3 is 0 Å². The minimum Gasteiger partial charge on any atom is -0.367 e. The van der Waals surface area contributed by atoms with Crippen LogP contribution < -0.4 is 0 Å². The van der Waals surface area contributed by atoms with E-state index in [1.807, 2.05) is 12.4 Å². The van der Waals surface area contributed by atoms with Crippen LogP contribution in [0.4, 0.5) is 0 Å². The molecule has 20 heavy (non-hydrogen) atoms. The van der Waals surface area contributed by atoms with E-state index >= 15 is 0 Å². The Balaban J connectivity index is 2.21. The van der Waals surface area contributed by atoms with E-state index in [2.05, 4.69) is 67.3 Å². The molecule has 3 rings (SSSR count). The summed E-state index contributed by atoms with van der Waals surface area (Å²) in [4.78, 5) is 6.56. The van der Waals surface area contributed by atoms with Crippen LogP contribution in [0.5, 0.6) is 0 Å². The first kappa shape index (κ1) is 12.8. The first-order valence-corrected chi connectivity index (χ1v) is 7.00. The lowest BCUT2D eigenvalue weighted by molar-refractivity contribution is 0.910. The molecule has 0 aliphatic heterocycles. The van der Waals surface area contributed by atoms with Gasteiger partial charge in [0.15, 0.2) is 0 Å². The Morgan fingerprint density at radius 3 is 2.25 bits per heavy atom. The summed E-state index contributed by atoms with van der Waals surface area (Å²) in [6.45, 7) is 6.57. The Morgan fingerprint density at radius 2 is 1.70 bits per heavy atom. The van der Waals surface area contributed by atoms with Crippen molar-refractivity contribution < 1.29 is 0 Å². The number of hydrogen-bond donors (Lipinski definition) is 2. The minimum atomic E-state index is 0.261. The molecule has 2 nitrogen and oxygen atoms in total. The van der Waals surface area contributed by atoms with Crippen molar-refractivity contribution in [1.29, 1.82) is 0 Å². The minimum absolute atomic E-state index is 0.261. The smallest absolute Gasteiger partial charge is 0.0510 e. The van der Waals surface area contributed by atoms with Crippen molar-refractivity contribution in [3.8, 4) is 0 Å². The van der Waals surface area contributed by atoms with Gasteiger partial charge in [-0.1, -0.05) is 17.7 Å². The average molecular weight is 264 g/mol. The first-order chi connectivity index (χ1) is 9.66. The topological polar surface area (TPSA) is 31.6 Å². The molecule has 0 fully saturated rings. The van der Waals surface area contributed by atoms with Crippen molar-refractivity contribution in [2.24, 2.45) is 0 Å². The molecule has 0 spiro atoms. The maximum Gasteiger partial charge on any atom is 0.0510 e. The van der Waals surface area contributed by atoms with Gasteiger partial charge in [-0.15, -0.1) is 0 Å². The van der Waals surface area contributed by atoms with Gasteiger partial charge in [-0.25, -0.2) is 0 Å². The number of H-pyrrole nitrogens is 2. The quantitative estimate of drug-likeness (QED) is 0.700. The van der Waals surface area contributed by atoms with Crippen LogP contribution in [0.25, 0.3) is 0 Å². The highest BCUT2D eigenvalue weighted by molar-refractivity contribution is 5.48. The van der Waals surface area contributed by atoms with Crippen LogP contribution in [0.3, 0.4) is 0 Å². The molecule has 0 aliphatic rings. The number of nitrogens with one attached hydrogen (secondary N) is 2. The SMILES string of the molecule is Cc1cc(C)c(C(c2cc[nH]c2)c2ccc[nH]2)c(C)c1. The Hall–Kier alpha value is -2.22. The Labute approximate surface area is 119 Å². The number of aryl methyl sites for hydroxylation is 3. The Bertz CT molecular complexity index is 634. The van der Waals surface area contributed by atoms with Gasteiger partial charge in [0, 0.05) is 24.3 Å². The second kappa shape index (κ2) is 5.04. The van der Waals surface area contributed by atoms with Crippen LogP contribution in [0.1, 0.15) is 39.4 Å². The molecule has 0 aliphatic carbocycles. The second-order valence-electron chi connectivity index (χ2n) is 5.52. The number of hydrogen-bond acceptors (Lipinski definition) is 0. The molecule has 0 radical (unpaired) electrons. The summed E-state index contributed by atoms with van der Waals surface area (Å²) >= 11 is 0. The fourth-order valence-corrected chi connectivity index (χ4v) is 3.19. The van der Waals surface area contributed by atoms with E-state index in [1.165, 1.54) is 33.5 Å². The molecule has 0 amide bonds. The van der Waals surface area contributed by atoms with Crippen molar-refractivity contribution in [3.05, 3.63) is 82.4 Å². The summed E-state index contributed by atoms with van der Waals surface area (Å²) < 4.78 is 0. The zero-order valence-corrected chi connectivity index (χ0v) is 12.2. The predicted octanol–water partition coefficient (Wildman–Crippen LogP) is 4.45. The van der Waals surface area contributed by atoms with Crippen molar-refractivity contribution in [1.82, 2.24) is 9.97 Å². The summed E-state index contributed by atoms with van der Waals surface area (Å²) in [6.07, 6.45) is 6.07. The van der Waals surface area contributed by atoms with E-state index in [4.69, 9.17) is 0 Å². The molecule has 3 aromatic rings. The van der Waals surface area contributed by atoms with Gasteiger partial charge in [-0.2, -0.15) is 0 Å². The lowest BCUT2D eigenvalue weighted by atomic mass is 9.84. The molecule has 2 heteroatoms. The standard InChI is InChI=1S/C18H20N2/c1-12-9-13(2)17(14(3)10-12)18(15-6-8-19-11-15)16-5-4-7-20-16/h4-11,18-20H,1-3H3. The molecule has 2 N–H and O–H groups in total. The molecule has 0 bridgehead atoms. The first-order valence-electron chi connectivity index (χ1n) is 7.00. The number of rotatable bonds is 3. The molecule has 1 aromatic carbocycles. The van der Waals surface area contributed by atoms with E-state index in [0.29, 0.717) is 0 Å². The van der Waals surface area contributed by atoms with E-state index < -0.39 is 0 Å². The normalized spacial score (nSPS) is 12.6. The molecule has 2 aromatic heterocycles.